The molecule has 0 saturated carbocycles. The maximum Gasteiger partial charge on any atom is 0.120 e. The summed E-state index contributed by atoms with van der Waals surface area (Å²) in [6.45, 7) is 4.73. The molecular weight excluding hydrogens is 420 g/mol. The van der Waals surface area contributed by atoms with Crippen LogP contribution in [0.5, 0.6) is 5.75 Å². The van der Waals surface area contributed by atoms with Gasteiger partial charge in [0.25, 0.3) is 0 Å². The van der Waals surface area contributed by atoms with Crippen molar-refractivity contribution in [2.24, 2.45) is 7.05 Å². The maximum atomic E-state index is 10.6. The SMILES string of the molecule is Cn1nc(-c2cccc(OCC(O)CN3CCN(c4ccccc4)CC3)c2)c2sccc21. The number of thiophene rings is 1. The molecule has 166 valence electrons. The molecule has 2 aromatic heterocycles. The molecule has 1 atom stereocenters. The molecule has 1 unspecified atom stereocenters. The monoisotopic (exact) mass is 448 g/mol. The number of β-amino-alcohol motifs (C(OH)–C–C–N with tert-alkyl or cyclic N) is 1. The number of aromatic nitrogens is 2. The first-order valence-electron chi connectivity index (χ1n) is 11.0. The fourth-order valence-corrected chi connectivity index (χ4v) is 5.20. The first kappa shape index (κ1) is 21.0. The molecule has 7 heteroatoms. The van der Waals surface area contributed by atoms with Crippen LogP contribution in [0, 0.1) is 0 Å². The van der Waals surface area contributed by atoms with Gasteiger partial charge in [-0.2, -0.15) is 5.10 Å². The first-order valence-corrected chi connectivity index (χ1v) is 11.9. The van der Waals surface area contributed by atoms with Crippen LogP contribution in [0.1, 0.15) is 0 Å². The van der Waals surface area contributed by atoms with Crippen LogP contribution in [0.25, 0.3) is 21.5 Å². The van der Waals surface area contributed by atoms with E-state index >= 15 is 0 Å². The summed E-state index contributed by atoms with van der Waals surface area (Å²) in [7, 11) is 1.97. The number of aliphatic hydroxyl groups excluding tert-OH is 1. The van der Waals surface area contributed by atoms with Gasteiger partial charge in [0, 0.05) is 51.0 Å². The number of piperazine rings is 1. The molecule has 1 fully saturated rings. The number of ether oxygens (including phenoxy) is 1. The van der Waals surface area contributed by atoms with Crippen molar-refractivity contribution in [1.29, 1.82) is 0 Å². The minimum atomic E-state index is -0.527. The molecular formula is C25H28N4O2S. The summed E-state index contributed by atoms with van der Waals surface area (Å²) < 4.78 is 9.04. The molecule has 0 spiro atoms. The van der Waals surface area contributed by atoms with E-state index in [9.17, 15) is 5.11 Å². The smallest absolute Gasteiger partial charge is 0.120 e. The maximum absolute atomic E-state index is 10.6. The highest BCUT2D eigenvalue weighted by Gasteiger charge is 2.20. The van der Waals surface area contributed by atoms with Crippen LogP contribution in [0.2, 0.25) is 0 Å². The highest BCUT2D eigenvalue weighted by Crippen LogP contribution is 2.33. The Kier molecular flexibility index (Phi) is 6.12. The lowest BCUT2D eigenvalue weighted by Gasteiger charge is -2.36. The third-order valence-electron chi connectivity index (χ3n) is 5.97. The lowest BCUT2D eigenvalue weighted by atomic mass is 10.1. The van der Waals surface area contributed by atoms with Gasteiger partial charge in [0.2, 0.25) is 0 Å². The van der Waals surface area contributed by atoms with Crippen molar-refractivity contribution in [2.75, 3.05) is 44.2 Å². The zero-order valence-corrected chi connectivity index (χ0v) is 19.0. The van der Waals surface area contributed by atoms with Crippen LogP contribution in [0.15, 0.2) is 66.0 Å². The summed E-state index contributed by atoms with van der Waals surface area (Å²) >= 11 is 1.70. The van der Waals surface area contributed by atoms with Crippen molar-refractivity contribution in [2.45, 2.75) is 6.10 Å². The number of para-hydroxylation sites is 1. The summed E-state index contributed by atoms with van der Waals surface area (Å²) in [6.07, 6.45) is -0.527. The fourth-order valence-electron chi connectivity index (χ4n) is 4.28. The number of nitrogens with zero attached hydrogens (tertiary/aromatic N) is 4. The molecule has 3 heterocycles. The van der Waals surface area contributed by atoms with Crippen molar-refractivity contribution in [3.63, 3.8) is 0 Å². The molecule has 2 aromatic carbocycles. The normalized spacial score (nSPS) is 15.9. The number of rotatable bonds is 7. The van der Waals surface area contributed by atoms with Crippen molar-refractivity contribution >= 4 is 27.2 Å². The minimum Gasteiger partial charge on any atom is -0.491 e. The van der Waals surface area contributed by atoms with Crippen LogP contribution in [-0.4, -0.2) is 65.2 Å². The lowest BCUT2D eigenvalue weighted by Crippen LogP contribution is -2.49. The van der Waals surface area contributed by atoms with Gasteiger partial charge in [0.15, 0.2) is 0 Å². The second-order valence-corrected chi connectivity index (χ2v) is 9.14. The first-order chi connectivity index (χ1) is 15.7. The summed E-state index contributed by atoms with van der Waals surface area (Å²) in [5.41, 5.74) is 4.41. The predicted octanol–water partition coefficient (Wildman–Crippen LogP) is 3.86. The summed E-state index contributed by atoms with van der Waals surface area (Å²) in [4.78, 5) is 4.71. The lowest BCUT2D eigenvalue weighted by molar-refractivity contribution is 0.0663. The molecule has 0 amide bonds. The summed E-state index contributed by atoms with van der Waals surface area (Å²) in [5.74, 6) is 0.755. The van der Waals surface area contributed by atoms with E-state index in [1.165, 1.54) is 10.4 Å². The van der Waals surface area contributed by atoms with E-state index in [0.29, 0.717) is 6.54 Å². The minimum absolute atomic E-state index is 0.277. The zero-order chi connectivity index (χ0) is 21.9. The van der Waals surface area contributed by atoms with Gasteiger partial charge in [-0.1, -0.05) is 30.3 Å². The number of aliphatic hydroxyl groups is 1. The van der Waals surface area contributed by atoms with Crippen LogP contribution in [0.4, 0.5) is 5.69 Å². The predicted molar refractivity (Wildman–Crippen MR) is 131 cm³/mol. The Morgan fingerprint density at radius 3 is 2.66 bits per heavy atom. The van der Waals surface area contributed by atoms with E-state index in [1.807, 2.05) is 36.0 Å². The van der Waals surface area contributed by atoms with Gasteiger partial charge < -0.3 is 14.7 Å². The highest BCUT2D eigenvalue weighted by atomic mass is 32.1. The van der Waals surface area contributed by atoms with Gasteiger partial charge in [0.05, 0.1) is 10.2 Å². The molecule has 0 radical (unpaired) electrons. The van der Waals surface area contributed by atoms with Gasteiger partial charge in [-0.05, 0) is 35.7 Å². The molecule has 4 aromatic rings. The largest absolute Gasteiger partial charge is 0.491 e. The molecule has 0 bridgehead atoms. The van der Waals surface area contributed by atoms with Crippen molar-refractivity contribution in [3.8, 4) is 17.0 Å². The van der Waals surface area contributed by atoms with Gasteiger partial charge >= 0.3 is 0 Å². The summed E-state index contributed by atoms with van der Waals surface area (Å²) in [6, 6.07) is 20.6. The van der Waals surface area contributed by atoms with Crippen molar-refractivity contribution < 1.29 is 9.84 Å². The molecule has 0 aliphatic carbocycles. The van der Waals surface area contributed by atoms with Gasteiger partial charge in [-0.15, -0.1) is 11.3 Å². The molecule has 1 saturated heterocycles. The Bertz CT molecular complexity index is 1170. The third kappa shape index (κ3) is 4.50. The molecule has 5 rings (SSSR count). The Morgan fingerprint density at radius 2 is 1.84 bits per heavy atom. The van der Waals surface area contributed by atoms with Crippen LogP contribution in [0.3, 0.4) is 0 Å². The van der Waals surface area contributed by atoms with Crippen LogP contribution >= 0.6 is 11.3 Å². The van der Waals surface area contributed by atoms with Crippen LogP contribution in [-0.2, 0) is 7.05 Å². The second kappa shape index (κ2) is 9.32. The van der Waals surface area contributed by atoms with E-state index in [2.05, 4.69) is 56.7 Å². The van der Waals surface area contributed by atoms with E-state index in [-0.39, 0.29) is 6.61 Å². The van der Waals surface area contributed by atoms with Crippen molar-refractivity contribution in [3.05, 3.63) is 66.0 Å². The Morgan fingerprint density at radius 1 is 1.03 bits per heavy atom. The molecule has 32 heavy (non-hydrogen) atoms. The molecule has 1 aliphatic heterocycles. The fraction of sp³-hybridized carbons (Fsp3) is 0.320. The Labute approximate surface area is 192 Å². The number of anilines is 1. The third-order valence-corrected chi connectivity index (χ3v) is 6.88. The van der Waals surface area contributed by atoms with E-state index < -0.39 is 6.10 Å². The second-order valence-electron chi connectivity index (χ2n) is 8.22. The van der Waals surface area contributed by atoms with E-state index in [0.717, 1.165) is 48.7 Å². The topological polar surface area (TPSA) is 53.8 Å². The average Bonchev–Trinajstić information content (AvgIpc) is 3.43. The molecule has 6 nitrogen and oxygen atoms in total. The van der Waals surface area contributed by atoms with Gasteiger partial charge in [-0.25, -0.2) is 0 Å². The van der Waals surface area contributed by atoms with Crippen molar-refractivity contribution in [1.82, 2.24) is 14.7 Å². The van der Waals surface area contributed by atoms with E-state index in [4.69, 9.17) is 4.74 Å². The standard InChI is InChI=1S/C25H28N4O2S/c1-27-23-10-15-32-25(23)24(26-27)19-6-5-9-22(16-19)31-18-21(30)17-28-11-13-29(14-12-28)20-7-3-2-4-8-20/h2-10,15-16,21,30H,11-14,17-18H2,1H3. The van der Waals surface area contributed by atoms with Crippen LogP contribution < -0.4 is 9.64 Å². The quantitative estimate of drug-likeness (QED) is 0.465. The number of hydrogen-bond acceptors (Lipinski definition) is 6. The number of hydrogen-bond donors (Lipinski definition) is 1. The Hall–Kier alpha value is -2.87. The number of aryl methyl sites for hydroxylation is 1. The number of fused-ring (bicyclic) bond motifs is 1. The number of benzene rings is 2. The summed E-state index contributed by atoms with van der Waals surface area (Å²) in [5, 5.41) is 17.3. The molecule has 1 N–H and O–H groups in total. The van der Waals surface area contributed by atoms with E-state index in [1.54, 1.807) is 11.3 Å². The van der Waals surface area contributed by atoms with Gasteiger partial charge in [0.1, 0.15) is 24.2 Å². The average molecular weight is 449 g/mol. The Balaban J connectivity index is 1.14. The van der Waals surface area contributed by atoms with Gasteiger partial charge in [-0.3, -0.25) is 9.58 Å². The zero-order valence-electron chi connectivity index (χ0n) is 18.2. The molecule has 1 aliphatic rings. The highest BCUT2D eigenvalue weighted by molar-refractivity contribution is 7.17.